The first-order valence-electron chi connectivity index (χ1n) is 5.96. The van der Waals surface area contributed by atoms with Crippen LogP contribution in [0.3, 0.4) is 0 Å². The summed E-state index contributed by atoms with van der Waals surface area (Å²) in [5.74, 6) is -0.468. The standard InChI is InChI=1S/C15H11ClFNOS/c1-20-10-3-4-13(17)11(7-10)15(19)8-18-14-5-2-9(16)6-12(14)15/h2-8,19H,1H3. The van der Waals surface area contributed by atoms with Crippen LogP contribution in [-0.2, 0) is 5.60 Å². The Balaban J connectivity index is 2.21. The van der Waals surface area contributed by atoms with Gasteiger partial charge in [0.1, 0.15) is 5.82 Å². The lowest BCUT2D eigenvalue weighted by Gasteiger charge is -2.23. The van der Waals surface area contributed by atoms with Crippen LogP contribution < -0.4 is 0 Å². The highest BCUT2D eigenvalue weighted by Gasteiger charge is 2.38. The van der Waals surface area contributed by atoms with E-state index in [1.54, 1.807) is 30.3 Å². The van der Waals surface area contributed by atoms with Gasteiger partial charge in [-0.15, -0.1) is 11.8 Å². The summed E-state index contributed by atoms with van der Waals surface area (Å²) in [5, 5.41) is 11.4. The van der Waals surface area contributed by atoms with Crippen molar-refractivity contribution in [3.63, 3.8) is 0 Å². The van der Waals surface area contributed by atoms with E-state index in [1.165, 1.54) is 24.0 Å². The van der Waals surface area contributed by atoms with Crippen molar-refractivity contribution in [3.8, 4) is 0 Å². The Morgan fingerprint density at radius 2 is 2.00 bits per heavy atom. The lowest BCUT2D eigenvalue weighted by molar-refractivity contribution is 0.160. The summed E-state index contributed by atoms with van der Waals surface area (Å²) >= 11 is 7.46. The maximum absolute atomic E-state index is 14.1. The minimum Gasteiger partial charge on any atom is -0.375 e. The quantitative estimate of drug-likeness (QED) is 0.845. The summed E-state index contributed by atoms with van der Waals surface area (Å²) in [5.41, 5.74) is -0.280. The molecule has 2 nitrogen and oxygen atoms in total. The first-order valence-corrected chi connectivity index (χ1v) is 7.56. The van der Waals surface area contributed by atoms with Gasteiger partial charge in [-0.05, 0) is 42.7 Å². The molecule has 0 fully saturated rings. The van der Waals surface area contributed by atoms with Crippen LogP contribution in [0, 0.1) is 5.82 Å². The Hall–Kier alpha value is -1.36. The van der Waals surface area contributed by atoms with Crippen LogP contribution in [0.15, 0.2) is 46.3 Å². The molecule has 1 N–H and O–H groups in total. The first-order chi connectivity index (χ1) is 9.54. The zero-order chi connectivity index (χ0) is 14.3. The summed E-state index contributed by atoms with van der Waals surface area (Å²) < 4.78 is 14.1. The van der Waals surface area contributed by atoms with Crippen molar-refractivity contribution in [2.75, 3.05) is 6.26 Å². The van der Waals surface area contributed by atoms with E-state index in [-0.39, 0.29) is 5.56 Å². The number of thioether (sulfide) groups is 1. The molecule has 5 heteroatoms. The van der Waals surface area contributed by atoms with Gasteiger partial charge in [0.25, 0.3) is 0 Å². The maximum Gasteiger partial charge on any atom is 0.155 e. The molecule has 1 aliphatic heterocycles. The van der Waals surface area contributed by atoms with Crippen LogP contribution in [0.2, 0.25) is 5.02 Å². The zero-order valence-electron chi connectivity index (χ0n) is 10.6. The van der Waals surface area contributed by atoms with Crippen LogP contribution in [0.25, 0.3) is 0 Å². The molecule has 102 valence electrons. The van der Waals surface area contributed by atoms with E-state index in [1.807, 2.05) is 6.26 Å². The fraction of sp³-hybridized carbons (Fsp3) is 0.133. The first kappa shape index (κ1) is 13.6. The summed E-state index contributed by atoms with van der Waals surface area (Å²) in [6, 6.07) is 9.70. The van der Waals surface area contributed by atoms with E-state index < -0.39 is 11.4 Å². The zero-order valence-corrected chi connectivity index (χ0v) is 12.2. The van der Waals surface area contributed by atoms with Gasteiger partial charge in [0, 0.05) is 27.3 Å². The van der Waals surface area contributed by atoms with Gasteiger partial charge >= 0.3 is 0 Å². The van der Waals surface area contributed by atoms with E-state index in [9.17, 15) is 9.50 Å². The third kappa shape index (κ3) is 2.04. The van der Waals surface area contributed by atoms with Crippen molar-refractivity contribution >= 4 is 35.3 Å². The Morgan fingerprint density at radius 3 is 2.75 bits per heavy atom. The highest BCUT2D eigenvalue weighted by atomic mass is 35.5. The highest BCUT2D eigenvalue weighted by Crippen LogP contribution is 2.42. The molecular formula is C15H11ClFNOS. The van der Waals surface area contributed by atoms with Gasteiger partial charge in [-0.25, -0.2) is 4.39 Å². The van der Waals surface area contributed by atoms with Gasteiger partial charge in [-0.2, -0.15) is 0 Å². The Morgan fingerprint density at radius 1 is 1.20 bits per heavy atom. The smallest absolute Gasteiger partial charge is 0.155 e. The largest absolute Gasteiger partial charge is 0.375 e. The fourth-order valence-electron chi connectivity index (χ4n) is 2.30. The maximum atomic E-state index is 14.1. The van der Waals surface area contributed by atoms with E-state index in [4.69, 9.17) is 11.6 Å². The fourth-order valence-corrected chi connectivity index (χ4v) is 2.91. The lowest BCUT2D eigenvalue weighted by Crippen LogP contribution is -2.28. The summed E-state index contributed by atoms with van der Waals surface area (Å²) in [7, 11) is 0. The van der Waals surface area contributed by atoms with Gasteiger partial charge in [-0.3, -0.25) is 4.99 Å². The van der Waals surface area contributed by atoms with Gasteiger partial charge in [0.15, 0.2) is 5.60 Å². The number of hydrogen-bond donors (Lipinski definition) is 1. The number of fused-ring (bicyclic) bond motifs is 1. The molecule has 1 heterocycles. The summed E-state index contributed by atoms with van der Waals surface area (Å²) in [4.78, 5) is 5.03. The monoisotopic (exact) mass is 307 g/mol. The number of aliphatic hydroxyl groups is 1. The molecule has 2 aromatic rings. The molecule has 2 aromatic carbocycles. The molecule has 1 atom stereocenters. The molecule has 0 saturated carbocycles. The third-order valence-corrected chi connectivity index (χ3v) is 4.30. The average molecular weight is 308 g/mol. The normalized spacial score (nSPS) is 20.2. The Kier molecular flexibility index (Phi) is 3.32. The number of aliphatic imine (C=N–C) groups is 1. The van der Waals surface area contributed by atoms with Crippen molar-refractivity contribution < 1.29 is 9.50 Å². The summed E-state index contributed by atoms with van der Waals surface area (Å²) in [6.07, 6.45) is 3.26. The number of benzene rings is 2. The Labute approximate surface area is 125 Å². The number of hydrogen-bond acceptors (Lipinski definition) is 3. The third-order valence-electron chi connectivity index (χ3n) is 3.34. The van der Waals surface area contributed by atoms with Gasteiger partial charge in [-0.1, -0.05) is 11.6 Å². The van der Waals surface area contributed by atoms with Crippen LogP contribution in [0.4, 0.5) is 10.1 Å². The topological polar surface area (TPSA) is 32.6 Å². The van der Waals surface area contributed by atoms with Crippen LogP contribution >= 0.6 is 23.4 Å². The number of halogens is 2. The SMILES string of the molecule is CSc1ccc(F)c(C2(O)C=Nc3ccc(Cl)cc32)c1. The summed E-state index contributed by atoms with van der Waals surface area (Å²) in [6.45, 7) is 0. The van der Waals surface area contributed by atoms with Crippen LogP contribution in [0.1, 0.15) is 11.1 Å². The van der Waals surface area contributed by atoms with Crippen molar-refractivity contribution in [2.24, 2.45) is 4.99 Å². The molecule has 0 spiro atoms. The molecule has 1 unspecified atom stereocenters. The van der Waals surface area contributed by atoms with E-state index in [0.717, 1.165) is 4.90 Å². The molecule has 3 rings (SSSR count). The Bertz CT molecular complexity index is 719. The van der Waals surface area contributed by atoms with Crippen LogP contribution in [-0.4, -0.2) is 17.6 Å². The van der Waals surface area contributed by atoms with E-state index in [2.05, 4.69) is 4.99 Å². The van der Waals surface area contributed by atoms with Crippen molar-refractivity contribution in [1.82, 2.24) is 0 Å². The second-order valence-corrected chi connectivity index (χ2v) is 5.85. The van der Waals surface area contributed by atoms with Crippen molar-refractivity contribution in [3.05, 3.63) is 58.4 Å². The van der Waals surface area contributed by atoms with Crippen molar-refractivity contribution in [1.29, 1.82) is 0 Å². The minimum absolute atomic E-state index is 0.189. The van der Waals surface area contributed by atoms with Crippen molar-refractivity contribution in [2.45, 2.75) is 10.5 Å². The lowest BCUT2D eigenvalue weighted by atomic mass is 9.88. The van der Waals surface area contributed by atoms with Gasteiger partial charge < -0.3 is 5.11 Å². The highest BCUT2D eigenvalue weighted by molar-refractivity contribution is 7.98. The molecule has 0 aromatic heterocycles. The molecule has 1 aliphatic rings. The second-order valence-electron chi connectivity index (χ2n) is 4.53. The average Bonchev–Trinajstić information content (AvgIpc) is 2.78. The van der Waals surface area contributed by atoms with E-state index >= 15 is 0 Å². The molecular weight excluding hydrogens is 297 g/mol. The molecule has 0 saturated heterocycles. The number of rotatable bonds is 2. The van der Waals surface area contributed by atoms with Gasteiger partial charge in [0.2, 0.25) is 0 Å². The van der Waals surface area contributed by atoms with E-state index in [0.29, 0.717) is 16.3 Å². The predicted octanol–water partition coefficient (Wildman–Crippen LogP) is 4.15. The minimum atomic E-state index is -1.57. The molecule has 0 aliphatic carbocycles. The molecule has 0 radical (unpaired) electrons. The molecule has 0 amide bonds. The second kappa shape index (κ2) is 4.88. The predicted molar refractivity (Wildman–Crippen MR) is 80.8 cm³/mol. The molecule has 20 heavy (non-hydrogen) atoms. The van der Waals surface area contributed by atoms with Crippen LogP contribution in [0.5, 0.6) is 0 Å². The number of nitrogens with zero attached hydrogens (tertiary/aromatic N) is 1. The molecule has 0 bridgehead atoms. The van der Waals surface area contributed by atoms with Gasteiger partial charge in [0.05, 0.1) is 5.69 Å².